The minimum Gasteiger partial charge on any atom is -0.506 e. The fourth-order valence-electron chi connectivity index (χ4n) is 1.68. The van der Waals surface area contributed by atoms with E-state index in [1.165, 1.54) is 6.42 Å². The Bertz CT molecular complexity index is 491. The minimum absolute atomic E-state index is 0.308. The first-order valence-corrected chi connectivity index (χ1v) is 6.66. The third-order valence-electron chi connectivity index (χ3n) is 2.38. The molecule has 18 heavy (non-hydrogen) atoms. The highest BCUT2D eigenvalue weighted by Gasteiger charge is 2.07. The summed E-state index contributed by atoms with van der Waals surface area (Å²) >= 11 is 0. The average molecular weight is 245 g/mol. The second kappa shape index (κ2) is 7.00. The lowest BCUT2D eigenvalue weighted by Gasteiger charge is -2.07. The number of aromatic hydroxyl groups is 1. The van der Waals surface area contributed by atoms with Gasteiger partial charge in [-0.3, -0.25) is 0 Å². The van der Waals surface area contributed by atoms with E-state index in [9.17, 15) is 5.11 Å². The van der Waals surface area contributed by atoms with Gasteiger partial charge in [-0.05, 0) is 24.5 Å². The largest absolute Gasteiger partial charge is 0.506 e. The Morgan fingerprint density at radius 2 is 1.78 bits per heavy atom. The molecule has 0 aliphatic heterocycles. The molecule has 1 heterocycles. The molecule has 0 radical (unpaired) electrons. The summed E-state index contributed by atoms with van der Waals surface area (Å²) in [7, 11) is 0. The van der Waals surface area contributed by atoms with Crippen LogP contribution in [-0.2, 0) is 6.42 Å². The summed E-state index contributed by atoms with van der Waals surface area (Å²) in [6.07, 6.45) is 2.07. The molecule has 0 amide bonds. The quantitative estimate of drug-likeness (QED) is 0.841. The second-order valence-electron chi connectivity index (χ2n) is 4.95. The van der Waals surface area contributed by atoms with Crippen molar-refractivity contribution in [1.29, 1.82) is 0 Å². The maximum absolute atomic E-state index is 9.79. The Labute approximate surface area is 110 Å². The zero-order valence-electron chi connectivity index (χ0n) is 11.8. The van der Waals surface area contributed by atoms with E-state index in [-0.39, 0.29) is 0 Å². The molecule has 0 bridgehead atoms. The Hall–Kier alpha value is -1.57. The van der Waals surface area contributed by atoms with E-state index in [1.807, 2.05) is 24.3 Å². The van der Waals surface area contributed by atoms with Crippen molar-refractivity contribution >= 4 is 10.9 Å². The normalized spacial score (nSPS) is 10.3. The smallest absolute Gasteiger partial charge is 0.137 e. The Morgan fingerprint density at radius 1 is 1.17 bits per heavy atom. The Kier molecular flexibility index (Phi) is 5.63. The summed E-state index contributed by atoms with van der Waals surface area (Å²) in [5, 5.41) is 10.8. The van der Waals surface area contributed by atoms with E-state index >= 15 is 0 Å². The summed E-state index contributed by atoms with van der Waals surface area (Å²) < 4.78 is 0. The van der Waals surface area contributed by atoms with E-state index in [1.54, 1.807) is 6.07 Å². The number of pyridine rings is 1. The highest BCUT2D eigenvalue weighted by atomic mass is 16.3. The summed E-state index contributed by atoms with van der Waals surface area (Å²) in [5.74, 6) is 0.812. The van der Waals surface area contributed by atoms with E-state index in [0.29, 0.717) is 11.7 Å². The van der Waals surface area contributed by atoms with Gasteiger partial charge in [0.1, 0.15) is 5.75 Å². The zero-order valence-corrected chi connectivity index (χ0v) is 11.8. The van der Waals surface area contributed by atoms with Gasteiger partial charge in [-0.15, -0.1) is 0 Å². The van der Waals surface area contributed by atoms with Gasteiger partial charge >= 0.3 is 0 Å². The van der Waals surface area contributed by atoms with Gasteiger partial charge in [0.15, 0.2) is 0 Å². The molecule has 0 saturated heterocycles. The van der Waals surface area contributed by atoms with Crippen molar-refractivity contribution in [2.45, 2.75) is 40.5 Å². The molecule has 1 aromatic heterocycles. The van der Waals surface area contributed by atoms with Crippen molar-refractivity contribution < 1.29 is 5.11 Å². The van der Waals surface area contributed by atoms with Crippen molar-refractivity contribution in [2.75, 3.05) is 0 Å². The highest BCUT2D eigenvalue weighted by Crippen LogP contribution is 2.23. The van der Waals surface area contributed by atoms with Gasteiger partial charge in [0, 0.05) is 5.39 Å². The SMILES string of the molecule is CC(C)Cc1nc2ccccc2cc1O.CCC. The molecule has 2 rings (SSSR count). The number of aromatic nitrogens is 1. The monoisotopic (exact) mass is 245 g/mol. The van der Waals surface area contributed by atoms with Crippen molar-refractivity contribution in [3.63, 3.8) is 0 Å². The molecule has 0 unspecified atom stereocenters. The Morgan fingerprint density at radius 3 is 2.39 bits per heavy atom. The molecular weight excluding hydrogens is 222 g/mol. The lowest BCUT2D eigenvalue weighted by molar-refractivity contribution is 0.459. The predicted molar refractivity (Wildman–Crippen MR) is 77.9 cm³/mol. The molecule has 1 N–H and O–H groups in total. The van der Waals surface area contributed by atoms with Crippen molar-refractivity contribution in [3.8, 4) is 5.75 Å². The minimum atomic E-state index is 0.308. The molecule has 0 saturated carbocycles. The first kappa shape index (κ1) is 14.5. The molecule has 2 nitrogen and oxygen atoms in total. The molecule has 2 heteroatoms. The van der Waals surface area contributed by atoms with Crippen LogP contribution in [0.4, 0.5) is 0 Å². The van der Waals surface area contributed by atoms with Crippen LogP contribution >= 0.6 is 0 Å². The summed E-state index contributed by atoms with van der Waals surface area (Å²) in [4.78, 5) is 4.46. The predicted octanol–water partition coefficient (Wildman–Crippen LogP) is 4.56. The molecule has 2 aromatic rings. The number of benzene rings is 1. The van der Waals surface area contributed by atoms with Gasteiger partial charge in [-0.2, -0.15) is 0 Å². The van der Waals surface area contributed by atoms with Gasteiger partial charge in [-0.25, -0.2) is 4.98 Å². The average Bonchev–Trinajstić information content (AvgIpc) is 2.30. The van der Waals surface area contributed by atoms with E-state index in [0.717, 1.165) is 23.0 Å². The maximum Gasteiger partial charge on any atom is 0.137 e. The number of nitrogens with zero attached hydrogens (tertiary/aromatic N) is 1. The van der Waals surface area contributed by atoms with Gasteiger partial charge in [0.05, 0.1) is 11.2 Å². The third kappa shape index (κ3) is 4.02. The van der Waals surface area contributed by atoms with Crippen molar-refractivity contribution in [2.24, 2.45) is 5.92 Å². The molecule has 98 valence electrons. The lowest BCUT2D eigenvalue weighted by Crippen LogP contribution is -1.98. The molecule has 0 aliphatic carbocycles. The van der Waals surface area contributed by atoms with E-state index in [2.05, 4.69) is 32.7 Å². The number of fused-ring (bicyclic) bond motifs is 1. The summed E-state index contributed by atoms with van der Waals surface area (Å²) in [6.45, 7) is 8.49. The van der Waals surface area contributed by atoms with Crippen LogP contribution < -0.4 is 0 Å². The van der Waals surface area contributed by atoms with Crippen LogP contribution in [0.5, 0.6) is 5.75 Å². The number of para-hydroxylation sites is 1. The van der Waals surface area contributed by atoms with E-state index < -0.39 is 0 Å². The highest BCUT2D eigenvalue weighted by molar-refractivity contribution is 5.80. The van der Waals surface area contributed by atoms with Gasteiger partial charge in [0.2, 0.25) is 0 Å². The Balaban J connectivity index is 0.000000492. The van der Waals surface area contributed by atoms with Gasteiger partial charge in [-0.1, -0.05) is 52.3 Å². The van der Waals surface area contributed by atoms with Crippen molar-refractivity contribution in [1.82, 2.24) is 4.98 Å². The van der Waals surface area contributed by atoms with E-state index in [4.69, 9.17) is 0 Å². The number of hydrogen-bond donors (Lipinski definition) is 1. The summed E-state index contributed by atoms with van der Waals surface area (Å²) in [6, 6.07) is 9.64. The zero-order chi connectivity index (χ0) is 13.5. The number of hydrogen-bond acceptors (Lipinski definition) is 2. The third-order valence-corrected chi connectivity index (χ3v) is 2.38. The number of rotatable bonds is 2. The molecule has 1 aromatic carbocycles. The first-order chi connectivity index (χ1) is 8.58. The second-order valence-corrected chi connectivity index (χ2v) is 4.95. The molecular formula is C16H23NO. The topological polar surface area (TPSA) is 33.1 Å². The van der Waals surface area contributed by atoms with Gasteiger partial charge < -0.3 is 5.11 Å². The molecule has 0 fully saturated rings. The van der Waals surface area contributed by atoms with Crippen LogP contribution in [0.1, 0.15) is 39.8 Å². The fraction of sp³-hybridized carbons (Fsp3) is 0.438. The van der Waals surface area contributed by atoms with Crippen LogP contribution in [0.25, 0.3) is 10.9 Å². The van der Waals surface area contributed by atoms with Crippen LogP contribution in [-0.4, -0.2) is 10.1 Å². The maximum atomic E-state index is 9.79. The van der Waals surface area contributed by atoms with Crippen molar-refractivity contribution in [3.05, 3.63) is 36.0 Å². The summed E-state index contributed by atoms with van der Waals surface area (Å²) in [5.41, 5.74) is 1.75. The molecule has 0 aliphatic rings. The first-order valence-electron chi connectivity index (χ1n) is 6.66. The van der Waals surface area contributed by atoms with Gasteiger partial charge in [0.25, 0.3) is 0 Å². The van der Waals surface area contributed by atoms with Crippen LogP contribution in [0, 0.1) is 5.92 Å². The molecule has 0 spiro atoms. The lowest BCUT2D eigenvalue weighted by atomic mass is 10.1. The van der Waals surface area contributed by atoms with Crippen LogP contribution in [0.2, 0.25) is 0 Å². The fourth-order valence-corrected chi connectivity index (χ4v) is 1.68. The standard InChI is InChI=1S/C13H15NO.C3H8/c1-9(2)7-12-13(15)8-10-5-3-4-6-11(10)14-12;1-3-2/h3-6,8-9,15H,7H2,1-2H3;3H2,1-2H3. The molecule has 0 atom stereocenters. The van der Waals surface area contributed by atoms with Crippen LogP contribution in [0.3, 0.4) is 0 Å². The van der Waals surface area contributed by atoms with Crippen LogP contribution in [0.15, 0.2) is 30.3 Å².